The molecule has 0 saturated carbocycles. The van der Waals surface area contributed by atoms with Crippen LogP contribution < -0.4 is 16.0 Å². The smallest absolute Gasteiger partial charge is 0.254 e. The number of rotatable bonds is 7. The largest absolute Gasteiger partial charge is 0.357 e. The summed E-state index contributed by atoms with van der Waals surface area (Å²) in [5, 5.41) is 6.94. The zero-order valence-electron chi connectivity index (χ0n) is 15.2. The summed E-state index contributed by atoms with van der Waals surface area (Å²) in [6.07, 6.45) is -0.286. The van der Waals surface area contributed by atoms with Crippen LogP contribution in [0.25, 0.3) is 0 Å². The molecule has 3 amide bonds. The molecule has 0 aliphatic carbocycles. The van der Waals surface area contributed by atoms with Crippen LogP contribution in [-0.2, 0) is 9.59 Å². The third-order valence-corrected chi connectivity index (χ3v) is 3.90. The van der Waals surface area contributed by atoms with Crippen molar-refractivity contribution in [1.29, 1.82) is 0 Å². The van der Waals surface area contributed by atoms with Crippen molar-refractivity contribution in [2.24, 2.45) is 0 Å². The first-order valence-electron chi connectivity index (χ1n) is 8.42. The number of amides is 3. The maximum absolute atomic E-state index is 13.6. The highest BCUT2D eigenvalue weighted by atomic mass is 19.2. The van der Waals surface area contributed by atoms with Gasteiger partial charge < -0.3 is 16.0 Å². The standard InChI is InChI=1S/C19H17F4N3O3/c1-24-19(29)17(10-2-5-13(21)15(23)8-10)26-16(27)6-7-25-18(28)12-4-3-11(20)9-14(12)22/h2-5,8-9,17H,6-7H2,1H3,(H,24,29)(H,25,28)(H,26,27). The number of hydrogen-bond donors (Lipinski definition) is 3. The summed E-state index contributed by atoms with van der Waals surface area (Å²) in [4.78, 5) is 36.0. The Morgan fingerprint density at radius 3 is 2.28 bits per heavy atom. The van der Waals surface area contributed by atoms with Crippen LogP contribution >= 0.6 is 0 Å². The van der Waals surface area contributed by atoms with E-state index in [0.29, 0.717) is 6.07 Å². The Hall–Kier alpha value is -3.43. The second-order valence-corrected chi connectivity index (χ2v) is 5.92. The molecule has 0 bridgehead atoms. The fraction of sp³-hybridized carbons (Fsp3) is 0.211. The van der Waals surface area contributed by atoms with Crippen LogP contribution in [0.2, 0.25) is 0 Å². The lowest BCUT2D eigenvalue weighted by Gasteiger charge is -2.18. The van der Waals surface area contributed by atoms with Crippen LogP contribution in [0.3, 0.4) is 0 Å². The third-order valence-electron chi connectivity index (χ3n) is 3.90. The predicted molar refractivity (Wildman–Crippen MR) is 94.6 cm³/mol. The minimum atomic E-state index is -1.28. The molecule has 0 fully saturated rings. The second kappa shape index (κ2) is 9.67. The Balaban J connectivity index is 1.97. The summed E-state index contributed by atoms with van der Waals surface area (Å²) >= 11 is 0. The van der Waals surface area contributed by atoms with E-state index in [0.717, 1.165) is 30.3 Å². The molecule has 6 nitrogen and oxygen atoms in total. The van der Waals surface area contributed by atoms with Crippen molar-refractivity contribution in [2.75, 3.05) is 13.6 Å². The van der Waals surface area contributed by atoms with E-state index in [-0.39, 0.29) is 18.5 Å². The van der Waals surface area contributed by atoms with E-state index in [1.165, 1.54) is 7.05 Å². The maximum atomic E-state index is 13.6. The monoisotopic (exact) mass is 411 g/mol. The summed E-state index contributed by atoms with van der Waals surface area (Å²) < 4.78 is 52.9. The van der Waals surface area contributed by atoms with E-state index in [4.69, 9.17) is 0 Å². The second-order valence-electron chi connectivity index (χ2n) is 5.92. The van der Waals surface area contributed by atoms with Crippen molar-refractivity contribution in [3.63, 3.8) is 0 Å². The first-order valence-corrected chi connectivity index (χ1v) is 8.42. The Morgan fingerprint density at radius 1 is 0.931 bits per heavy atom. The maximum Gasteiger partial charge on any atom is 0.254 e. The van der Waals surface area contributed by atoms with Crippen molar-refractivity contribution in [3.05, 3.63) is 70.8 Å². The minimum Gasteiger partial charge on any atom is -0.357 e. The van der Waals surface area contributed by atoms with Crippen molar-refractivity contribution < 1.29 is 31.9 Å². The Morgan fingerprint density at radius 2 is 1.66 bits per heavy atom. The van der Waals surface area contributed by atoms with Gasteiger partial charge in [-0.2, -0.15) is 0 Å². The molecule has 2 aromatic carbocycles. The molecule has 0 aliphatic heterocycles. The summed E-state index contributed by atoms with van der Waals surface area (Å²) in [5.74, 6) is -6.37. The van der Waals surface area contributed by atoms with Crippen LogP contribution in [-0.4, -0.2) is 31.3 Å². The van der Waals surface area contributed by atoms with E-state index < -0.39 is 52.6 Å². The Labute approximate surface area is 163 Å². The lowest BCUT2D eigenvalue weighted by Crippen LogP contribution is -2.40. The lowest BCUT2D eigenvalue weighted by molar-refractivity contribution is -0.128. The van der Waals surface area contributed by atoms with Gasteiger partial charge in [0.05, 0.1) is 5.56 Å². The van der Waals surface area contributed by atoms with Gasteiger partial charge >= 0.3 is 0 Å². The number of carbonyl (C=O) groups excluding carboxylic acids is 3. The van der Waals surface area contributed by atoms with Gasteiger partial charge in [-0.25, -0.2) is 17.6 Å². The molecule has 0 aliphatic rings. The van der Waals surface area contributed by atoms with Crippen molar-refractivity contribution >= 4 is 17.7 Å². The van der Waals surface area contributed by atoms with E-state index in [1.807, 2.05) is 0 Å². The van der Waals surface area contributed by atoms with Crippen LogP contribution in [0.15, 0.2) is 36.4 Å². The molecule has 0 saturated heterocycles. The number of hydrogen-bond acceptors (Lipinski definition) is 3. The van der Waals surface area contributed by atoms with Gasteiger partial charge in [-0.1, -0.05) is 6.07 Å². The molecule has 0 spiro atoms. The van der Waals surface area contributed by atoms with Crippen molar-refractivity contribution in [3.8, 4) is 0 Å². The van der Waals surface area contributed by atoms with Gasteiger partial charge in [0, 0.05) is 26.1 Å². The van der Waals surface area contributed by atoms with Gasteiger partial charge in [-0.3, -0.25) is 14.4 Å². The molecule has 1 unspecified atom stereocenters. The minimum absolute atomic E-state index is 0.0222. The topological polar surface area (TPSA) is 87.3 Å². The number of nitrogens with one attached hydrogen (secondary N) is 3. The SMILES string of the molecule is CNC(=O)C(NC(=O)CCNC(=O)c1ccc(F)cc1F)c1ccc(F)c(F)c1. The molecule has 3 N–H and O–H groups in total. The zero-order valence-corrected chi connectivity index (χ0v) is 15.2. The molecule has 10 heteroatoms. The van der Waals surface area contributed by atoms with Crippen LogP contribution in [0.1, 0.15) is 28.4 Å². The first kappa shape index (κ1) is 21.9. The normalized spacial score (nSPS) is 11.5. The molecule has 1 atom stereocenters. The van der Waals surface area contributed by atoms with Gasteiger partial charge in [0.25, 0.3) is 5.91 Å². The van der Waals surface area contributed by atoms with Crippen LogP contribution in [0, 0.1) is 23.3 Å². The van der Waals surface area contributed by atoms with Gasteiger partial charge in [0.2, 0.25) is 11.8 Å². The van der Waals surface area contributed by atoms with E-state index >= 15 is 0 Å². The number of benzene rings is 2. The number of halogens is 4. The molecule has 0 aromatic heterocycles. The fourth-order valence-corrected chi connectivity index (χ4v) is 2.43. The highest BCUT2D eigenvalue weighted by Crippen LogP contribution is 2.17. The summed E-state index contributed by atoms with van der Waals surface area (Å²) in [6.45, 7) is -0.209. The fourth-order valence-electron chi connectivity index (χ4n) is 2.43. The quantitative estimate of drug-likeness (QED) is 0.609. The Bertz CT molecular complexity index is 937. The highest BCUT2D eigenvalue weighted by Gasteiger charge is 2.23. The van der Waals surface area contributed by atoms with Gasteiger partial charge in [0.1, 0.15) is 17.7 Å². The molecule has 29 heavy (non-hydrogen) atoms. The first-order chi connectivity index (χ1) is 13.7. The predicted octanol–water partition coefficient (Wildman–Crippen LogP) is 1.97. The molecular weight excluding hydrogens is 394 g/mol. The summed E-state index contributed by atoms with van der Waals surface area (Å²) in [7, 11) is 1.30. The molecule has 154 valence electrons. The third kappa shape index (κ3) is 5.77. The highest BCUT2D eigenvalue weighted by molar-refractivity contribution is 5.94. The molecule has 2 rings (SSSR count). The van der Waals surface area contributed by atoms with E-state index in [2.05, 4.69) is 16.0 Å². The lowest BCUT2D eigenvalue weighted by atomic mass is 10.1. The van der Waals surface area contributed by atoms with Gasteiger partial charge in [0.15, 0.2) is 11.6 Å². The van der Waals surface area contributed by atoms with Gasteiger partial charge in [-0.15, -0.1) is 0 Å². The average Bonchev–Trinajstić information content (AvgIpc) is 2.67. The number of carbonyl (C=O) groups is 3. The molecule has 0 radical (unpaired) electrons. The molecule has 2 aromatic rings. The summed E-state index contributed by atoms with van der Waals surface area (Å²) in [5.41, 5.74) is -0.370. The van der Waals surface area contributed by atoms with Crippen LogP contribution in [0.4, 0.5) is 17.6 Å². The van der Waals surface area contributed by atoms with Crippen molar-refractivity contribution in [2.45, 2.75) is 12.5 Å². The zero-order chi connectivity index (χ0) is 21.6. The number of likely N-dealkylation sites (N-methyl/N-ethyl adjacent to an activating group) is 1. The van der Waals surface area contributed by atoms with Gasteiger partial charge in [-0.05, 0) is 29.8 Å². The molecule has 0 heterocycles. The Kier molecular flexibility index (Phi) is 7.29. The van der Waals surface area contributed by atoms with E-state index in [9.17, 15) is 31.9 Å². The van der Waals surface area contributed by atoms with Crippen molar-refractivity contribution in [1.82, 2.24) is 16.0 Å². The summed E-state index contributed by atoms with van der Waals surface area (Å²) in [6, 6.07) is 3.91. The molecular formula is C19H17F4N3O3. The van der Waals surface area contributed by atoms with E-state index in [1.54, 1.807) is 0 Å². The van der Waals surface area contributed by atoms with Crippen LogP contribution in [0.5, 0.6) is 0 Å². The average molecular weight is 411 g/mol.